The van der Waals surface area contributed by atoms with Gasteiger partial charge in [0.15, 0.2) is 0 Å². The van der Waals surface area contributed by atoms with Gasteiger partial charge in [0.25, 0.3) is 5.91 Å². The van der Waals surface area contributed by atoms with Gasteiger partial charge in [-0.05, 0) is 30.3 Å². The average molecular weight is 418 g/mol. The lowest BCUT2D eigenvalue weighted by Gasteiger charge is -2.28. The van der Waals surface area contributed by atoms with E-state index in [9.17, 15) is 9.18 Å². The number of hydrogen-bond acceptors (Lipinski definition) is 6. The van der Waals surface area contributed by atoms with E-state index >= 15 is 0 Å². The first-order valence-electron chi connectivity index (χ1n) is 9.87. The van der Waals surface area contributed by atoms with Crippen molar-refractivity contribution in [2.75, 3.05) is 36.5 Å². The van der Waals surface area contributed by atoms with Crippen molar-refractivity contribution in [2.24, 2.45) is 0 Å². The van der Waals surface area contributed by atoms with Gasteiger partial charge in [0.1, 0.15) is 11.6 Å². The Balaban J connectivity index is 1.61. The maximum atomic E-state index is 14.3. The van der Waals surface area contributed by atoms with Gasteiger partial charge in [-0.25, -0.2) is 14.4 Å². The van der Waals surface area contributed by atoms with E-state index in [0.717, 1.165) is 5.39 Å². The first kappa shape index (κ1) is 19.1. The van der Waals surface area contributed by atoms with Crippen molar-refractivity contribution >= 4 is 28.3 Å². The van der Waals surface area contributed by atoms with Crippen molar-refractivity contribution < 1.29 is 13.9 Å². The Labute approximate surface area is 177 Å². The number of amides is 1. The van der Waals surface area contributed by atoms with Gasteiger partial charge in [-0.2, -0.15) is 0 Å². The number of halogens is 1. The van der Waals surface area contributed by atoms with Gasteiger partial charge in [-0.1, -0.05) is 0 Å². The number of carbonyl (C=O) groups is 1. The maximum Gasteiger partial charge on any atom is 0.293 e. The van der Waals surface area contributed by atoms with Crippen LogP contribution in [0.1, 0.15) is 10.6 Å². The monoisotopic (exact) mass is 418 g/mol. The number of fused-ring (bicyclic) bond motifs is 1. The second-order valence-corrected chi connectivity index (χ2v) is 7.12. The fourth-order valence-corrected chi connectivity index (χ4v) is 3.60. The lowest BCUT2D eigenvalue weighted by molar-refractivity contribution is 0.101. The molecule has 31 heavy (non-hydrogen) atoms. The van der Waals surface area contributed by atoms with Crippen LogP contribution in [0.5, 0.6) is 0 Å². The second kappa shape index (κ2) is 8.11. The van der Waals surface area contributed by atoms with Gasteiger partial charge < -0.3 is 19.9 Å². The second-order valence-electron chi connectivity index (χ2n) is 7.12. The number of nitrogens with one attached hydrogen (secondary N) is 2. The molecule has 1 aromatic carbocycles. The fraction of sp³-hybridized carbons (Fsp3) is 0.182. The summed E-state index contributed by atoms with van der Waals surface area (Å²) >= 11 is 0. The quantitative estimate of drug-likeness (QED) is 0.528. The summed E-state index contributed by atoms with van der Waals surface area (Å²) in [7, 11) is 0. The fourth-order valence-electron chi connectivity index (χ4n) is 3.60. The van der Waals surface area contributed by atoms with Crippen molar-refractivity contribution in [3.05, 3.63) is 66.6 Å². The lowest BCUT2D eigenvalue weighted by Crippen LogP contribution is -2.37. The molecule has 5 rings (SSSR count). The van der Waals surface area contributed by atoms with E-state index in [4.69, 9.17) is 4.74 Å². The number of benzene rings is 1. The zero-order valence-electron chi connectivity index (χ0n) is 16.5. The third-order valence-corrected chi connectivity index (χ3v) is 5.08. The minimum Gasteiger partial charge on any atom is -0.378 e. The van der Waals surface area contributed by atoms with Crippen LogP contribution in [0, 0.1) is 5.82 Å². The summed E-state index contributed by atoms with van der Waals surface area (Å²) in [5, 5.41) is 3.57. The molecule has 0 spiro atoms. The number of pyridine rings is 1. The van der Waals surface area contributed by atoms with Crippen LogP contribution in [0.3, 0.4) is 0 Å². The number of ether oxygens (including phenoxy) is 1. The van der Waals surface area contributed by atoms with Crippen molar-refractivity contribution in [3.8, 4) is 11.3 Å². The Bertz CT molecular complexity index is 1240. The van der Waals surface area contributed by atoms with Crippen molar-refractivity contribution in [3.63, 3.8) is 0 Å². The number of hydrogen-bond donors (Lipinski definition) is 2. The number of carbonyl (C=O) groups excluding carboxylic acids is 1. The molecule has 9 heteroatoms. The van der Waals surface area contributed by atoms with Gasteiger partial charge in [-0.15, -0.1) is 0 Å². The summed E-state index contributed by atoms with van der Waals surface area (Å²) in [6.45, 7) is 2.42. The molecule has 1 amide bonds. The van der Waals surface area contributed by atoms with E-state index in [2.05, 4.69) is 25.3 Å². The number of morpholine rings is 1. The molecule has 4 heterocycles. The molecule has 0 bridgehead atoms. The van der Waals surface area contributed by atoms with Crippen LogP contribution >= 0.6 is 0 Å². The number of nitrogens with zero attached hydrogens (tertiary/aromatic N) is 4. The molecular weight excluding hydrogens is 399 g/mol. The minimum absolute atomic E-state index is 0.00390. The van der Waals surface area contributed by atoms with E-state index < -0.39 is 11.7 Å². The van der Waals surface area contributed by atoms with Crippen molar-refractivity contribution in [1.29, 1.82) is 0 Å². The van der Waals surface area contributed by atoms with Crippen molar-refractivity contribution in [2.45, 2.75) is 0 Å². The highest BCUT2D eigenvalue weighted by Crippen LogP contribution is 2.30. The Kier molecular flexibility index (Phi) is 5.01. The number of anilines is 2. The molecule has 3 aromatic heterocycles. The SMILES string of the molecule is O=C(Nc1cccnc1)c1nc(-c2cc(F)cc3[nH]ccc23)cc(N2CCOCC2)n1. The smallest absolute Gasteiger partial charge is 0.293 e. The molecule has 0 saturated carbocycles. The summed E-state index contributed by atoms with van der Waals surface area (Å²) in [5.74, 6) is -0.266. The van der Waals surface area contributed by atoms with Crippen LogP contribution in [0.25, 0.3) is 22.2 Å². The first-order chi connectivity index (χ1) is 15.2. The largest absolute Gasteiger partial charge is 0.378 e. The van der Waals surface area contributed by atoms with E-state index in [1.807, 2.05) is 11.0 Å². The number of H-pyrrole nitrogens is 1. The Hall–Kier alpha value is -3.85. The van der Waals surface area contributed by atoms with Crippen LogP contribution < -0.4 is 10.2 Å². The summed E-state index contributed by atoms with van der Waals surface area (Å²) in [6, 6.07) is 9.95. The van der Waals surface area contributed by atoms with Crippen LogP contribution in [-0.2, 0) is 4.74 Å². The molecule has 0 aliphatic carbocycles. The zero-order valence-corrected chi connectivity index (χ0v) is 16.5. The number of aromatic amines is 1. The van der Waals surface area contributed by atoms with Crippen LogP contribution in [0.4, 0.5) is 15.9 Å². The lowest BCUT2D eigenvalue weighted by atomic mass is 10.1. The van der Waals surface area contributed by atoms with Crippen LogP contribution in [-0.4, -0.2) is 52.1 Å². The molecule has 1 saturated heterocycles. The zero-order chi connectivity index (χ0) is 21.2. The molecule has 1 aliphatic heterocycles. The van der Waals surface area contributed by atoms with Crippen LogP contribution in [0.15, 0.2) is 55.0 Å². The van der Waals surface area contributed by atoms with Gasteiger partial charge in [0.05, 0.1) is 30.8 Å². The van der Waals surface area contributed by atoms with Crippen molar-refractivity contribution in [1.82, 2.24) is 19.9 Å². The molecule has 156 valence electrons. The highest BCUT2D eigenvalue weighted by molar-refractivity contribution is 6.02. The molecule has 2 N–H and O–H groups in total. The maximum absolute atomic E-state index is 14.3. The van der Waals surface area contributed by atoms with E-state index in [-0.39, 0.29) is 5.82 Å². The molecule has 1 aliphatic rings. The normalized spacial score (nSPS) is 14.0. The van der Waals surface area contributed by atoms with Gasteiger partial charge in [0, 0.05) is 48.0 Å². The Morgan fingerprint density at radius 2 is 2.03 bits per heavy atom. The third-order valence-electron chi connectivity index (χ3n) is 5.08. The van der Waals surface area contributed by atoms with Gasteiger partial charge in [0.2, 0.25) is 5.82 Å². The summed E-state index contributed by atoms with van der Waals surface area (Å²) in [6.07, 6.45) is 4.91. The average Bonchev–Trinajstić information content (AvgIpc) is 3.28. The topological polar surface area (TPSA) is 96.0 Å². The number of aromatic nitrogens is 4. The molecule has 1 fully saturated rings. The van der Waals surface area contributed by atoms with Crippen LogP contribution in [0.2, 0.25) is 0 Å². The standard InChI is InChI=1S/C22H19FN6O2/c23-14-10-17(16-3-5-25-18(16)11-14)19-12-20(29-6-8-31-9-7-29)28-21(27-19)22(30)26-15-2-1-4-24-13-15/h1-5,10-13,25H,6-9H2,(H,26,30). The molecule has 8 nitrogen and oxygen atoms in total. The van der Waals surface area contributed by atoms with E-state index in [0.29, 0.717) is 54.6 Å². The number of rotatable bonds is 4. The highest BCUT2D eigenvalue weighted by atomic mass is 19.1. The molecule has 4 aromatic rings. The Morgan fingerprint density at radius 3 is 2.84 bits per heavy atom. The molecule has 0 radical (unpaired) electrons. The van der Waals surface area contributed by atoms with E-state index in [1.54, 1.807) is 36.8 Å². The Morgan fingerprint density at radius 1 is 1.16 bits per heavy atom. The first-order valence-corrected chi connectivity index (χ1v) is 9.87. The summed E-state index contributed by atoms with van der Waals surface area (Å²) < 4.78 is 19.7. The van der Waals surface area contributed by atoms with Gasteiger partial charge >= 0.3 is 0 Å². The molecular formula is C22H19FN6O2. The van der Waals surface area contributed by atoms with Gasteiger partial charge in [-0.3, -0.25) is 9.78 Å². The van der Waals surface area contributed by atoms with E-state index in [1.165, 1.54) is 12.1 Å². The summed E-state index contributed by atoms with van der Waals surface area (Å²) in [5.41, 5.74) is 2.25. The summed E-state index contributed by atoms with van der Waals surface area (Å²) in [4.78, 5) is 31.0. The predicted molar refractivity (Wildman–Crippen MR) is 115 cm³/mol. The minimum atomic E-state index is -0.467. The third kappa shape index (κ3) is 3.95. The predicted octanol–water partition coefficient (Wildman–Crippen LogP) is 3.25. The highest BCUT2D eigenvalue weighted by Gasteiger charge is 2.20. The molecule has 0 atom stereocenters. The molecule has 0 unspecified atom stereocenters.